The molecule has 0 aliphatic heterocycles. The van der Waals surface area contributed by atoms with Gasteiger partial charge in [-0.15, -0.1) is 23.4 Å². The number of carbonyl (C=O) groups is 2. The van der Waals surface area contributed by atoms with E-state index < -0.39 is 5.97 Å². The van der Waals surface area contributed by atoms with Crippen LogP contribution in [0.2, 0.25) is 0 Å². The maximum Gasteiger partial charge on any atom is 0.325 e. The zero-order valence-corrected chi connectivity index (χ0v) is 15.7. The molecule has 1 aromatic heterocycles. The molecule has 0 aliphatic rings. The van der Waals surface area contributed by atoms with Crippen molar-refractivity contribution in [1.29, 1.82) is 0 Å². The second-order valence-electron chi connectivity index (χ2n) is 5.92. The molecule has 1 N–H and O–H groups in total. The predicted molar refractivity (Wildman–Crippen MR) is 99.9 cm³/mol. The van der Waals surface area contributed by atoms with Crippen LogP contribution in [0, 0.1) is 13.8 Å². The monoisotopic (exact) mass is 374 g/mol. The molecule has 138 valence electrons. The van der Waals surface area contributed by atoms with E-state index in [9.17, 15) is 9.59 Å². The summed E-state index contributed by atoms with van der Waals surface area (Å²) in [6.45, 7) is 8.13. The molecule has 0 atom stereocenters. The van der Waals surface area contributed by atoms with Gasteiger partial charge in [-0.2, -0.15) is 0 Å². The molecular formula is C18H22N4O3S. The molecule has 0 unspecified atom stereocenters. The van der Waals surface area contributed by atoms with Crippen molar-refractivity contribution < 1.29 is 14.7 Å². The van der Waals surface area contributed by atoms with Gasteiger partial charge in [0.05, 0.1) is 18.5 Å². The Bertz CT molecular complexity index is 803. The van der Waals surface area contributed by atoms with Crippen molar-refractivity contribution >= 4 is 23.6 Å². The Morgan fingerprint density at radius 1 is 1.38 bits per heavy atom. The lowest BCUT2D eigenvalue weighted by molar-refractivity contribution is -0.138. The van der Waals surface area contributed by atoms with Crippen molar-refractivity contribution in [3.63, 3.8) is 0 Å². The van der Waals surface area contributed by atoms with Crippen molar-refractivity contribution in [3.8, 4) is 0 Å². The van der Waals surface area contributed by atoms with Gasteiger partial charge in [0.2, 0.25) is 5.91 Å². The lowest BCUT2D eigenvalue weighted by Crippen LogP contribution is -2.32. The topological polar surface area (TPSA) is 88.3 Å². The highest BCUT2D eigenvalue weighted by Crippen LogP contribution is 2.24. The first-order valence-electron chi connectivity index (χ1n) is 8.08. The molecule has 0 bridgehead atoms. The predicted octanol–water partition coefficient (Wildman–Crippen LogP) is 2.29. The molecular weight excluding hydrogens is 352 g/mol. The molecule has 1 aromatic carbocycles. The maximum absolute atomic E-state index is 12.6. The lowest BCUT2D eigenvalue weighted by atomic mass is 10.2. The van der Waals surface area contributed by atoms with Crippen LogP contribution in [0.3, 0.4) is 0 Å². The summed E-state index contributed by atoms with van der Waals surface area (Å²) in [6.07, 6.45) is 3.19. The van der Waals surface area contributed by atoms with Gasteiger partial charge >= 0.3 is 5.97 Å². The van der Waals surface area contributed by atoms with Gasteiger partial charge in [-0.25, -0.2) is 4.68 Å². The van der Waals surface area contributed by atoms with E-state index >= 15 is 0 Å². The number of hydrogen-bond acceptors (Lipinski definition) is 5. The second kappa shape index (κ2) is 9.19. The molecule has 1 amide bonds. The van der Waals surface area contributed by atoms with Crippen LogP contribution < -0.4 is 0 Å². The number of carboxylic acid groups (broad SMARTS) is 1. The van der Waals surface area contributed by atoms with Crippen molar-refractivity contribution in [1.82, 2.24) is 19.9 Å². The largest absolute Gasteiger partial charge is 0.480 e. The van der Waals surface area contributed by atoms with E-state index in [0.29, 0.717) is 18.0 Å². The van der Waals surface area contributed by atoms with Gasteiger partial charge in [-0.1, -0.05) is 29.0 Å². The second-order valence-corrected chi connectivity index (χ2v) is 6.94. The molecule has 0 spiro atoms. The average Bonchev–Trinajstić information content (AvgIpc) is 3.01. The van der Waals surface area contributed by atoms with Crippen molar-refractivity contribution in [2.24, 2.45) is 0 Å². The SMILES string of the molecule is C=CCN(Cc1cn(CC(=O)O)nn1)C(=O)CSc1cc(C)ccc1C. The van der Waals surface area contributed by atoms with Crippen LogP contribution in [0.4, 0.5) is 0 Å². The summed E-state index contributed by atoms with van der Waals surface area (Å²) in [5.41, 5.74) is 2.84. The third-order valence-corrected chi connectivity index (χ3v) is 4.78. The number of aromatic nitrogens is 3. The van der Waals surface area contributed by atoms with Crippen LogP contribution in [0.1, 0.15) is 16.8 Å². The minimum absolute atomic E-state index is 0.0383. The number of carboxylic acids is 1. The fraction of sp³-hybridized carbons (Fsp3) is 0.333. The fourth-order valence-corrected chi connectivity index (χ4v) is 3.35. The quantitative estimate of drug-likeness (QED) is 0.535. The van der Waals surface area contributed by atoms with Gasteiger partial charge in [-0.05, 0) is 25.5 Å². The Morgan fingerprint density at radius 2 is 2.15 bits per heavy atom. The number of amides is 1. The summed E-state index contributed by atoms with van der Waals surface area (Å²) in [5, 5.41) is 16.5. The summed E-state index contributed by atoms with van der Waals surface area (Å²) in [6, 6.07) is 6.17. The van der Waals surface area contributed by atoms with E-state index in [4.69, 9.17) is 5.11 Å². The summed E-state index contributed by atoms with van der Waals surface area (Å²) < 4.78 is 1.24. The molecule has 0 radical (unpaired) electrons. The number of benzene rings is 1. The van der Waals surface area contributed by atoms with E-state index in [1.807, 2.05) is 26.0 Å². The number of rotatable bonds is 9. The van der Waals surface area contributed by atoms with Crippen molar-refractivity contribution in [3.05, 3.63) is 53.9 Å². The zero-order valence-electron chi connectivity index (χ0n) is 14.9. The fourth-order valence-electron chi connectivity index (χ4n) is 2.33. The molecule has 2 rings (SSSR count). The zero-order chi connectivity index (χ0) is 19.1. The third-order valence-electron chi connectivity index (χ3n) is 3.63. The van der Waals surface area contributed by atoms with Gasteiger partial charge in [-0.3, -0.25) is 9.59 Å². The van der Waals surface area contributed by atoms with Crippen LogP contribution in [0.5, 0.6) is 0 Å². The highest BCUT2D eigenvalue weighted by Gasteiger charge is 2.16. The molecule has 0 saturated carbocycles. The van der Waals surface area contributed by atoms with Crippen molar-refractivity contribution in [2.45, 2.75) is 31.8 Å². The number of aryl methyl sites for hydroxylation is 2. The van der Waals surface area contributed by atoms with Gasteiger partial charge in [0.1, 0.15) is 12.2 Å². The first-order chi connectivity index (χ1) is 12.4. The van der Waals surface area contributed by atoms with E-state index in [1.165, 1.54) is 22.6 Å². The molecule has 0 aliphatic carbocycles. The molecule has 2 aromatic rings. The number of aliphatic carboxylic acids is 1. The van der Waals surface area contributed by atoms with Gasteiger partial charge in [0.25, 0.3) is 0 Å². The summed E-state index contributed by atoms with van der Waals surface area (Å²) in [4.78, 5) is 26.0. The smallest absolute Gasteiger partial charge is 0.325 e. The molecule has 0 saturated heterocycles. The lowest BCUT2D eigenvalue weighted by Gasteiger charge is -2.20. The van der Waals surface area contributed by atoms with E-state index in [2.05, 4.69) is 23.0 Å². The van der Waals surface area contributed by atoms with Crippen LogP contribution in [0.15, 0.2) is 41.9 Å². The Kier molecular flexibility index (Phi) is 6.97. The molecule has 7 nitrogen and oxygen atoms in total. The highest BCUT2D eigenvalue weighted by atomic mass is 32.2. The number of carbonyl (C=O) groups excluding carboxylic acids is 1. The average molecular weight is 374 g/mol. The van der Waals surface area contributed by atoms with E-state index in [1.54, 1.807) is 11.0 Å². The molecule has 0 fully saturated rings. The summed E-state index contributed by atoms with van der Waals surface area (Å²) in [5.74, 6) is -0.726. The Hall–Kier alpha value is -2.61. The summed E-state index contributed by atoms with van der Waals surface area (Å²) >= 11 is 1.50. The van der Waals surface area contributed by atoms with Crippen LogP contribution in [0.25, 0.3) is 0 Å². The van der Waals surface area contributed by atoms with Crippen LogP contribution in [-0.2, 0) is 22.7 Å². The Balaban J connectivity index is 2.00. The molecule has 26 heavy (non-hydrogen) atoms. The van der Waals surface area contributed by atoms with Crippen molar-refractivity contribution in [2.75, 3.05) is 12.3 Å². The maximum atomic E-state index is 12.6. The standard InChI is InChI=1S/C18H22N4O3S/c1-4-7-21(9-15-10-22(20-19-15)11-18(24)25)17(23)12-26-16-8-13(2)5-6-14(16)3/h4-6,8,10H,1,7,9,11-12H2,2-3H3,(H,24,25). The van der Waals surface area contributed by atoms with Crippen LogP contribution >= 0.6 is 11.8 Å². The normalized spacial score (nSPS) is 10.5. The van der Waals surface area contributed by atoms with Gasteiger partial charge < -0.3 is 10.0 Å². The molecule has 8 heteroatoms. The number of hydrogen-bond donors (Lipinski definition) is 1. The molecule has 1 heterocycles. The Morgan fingerprint density at radius 3 is 2.85 bits per heavy atom. The van der Waals surface area contributed by atoms with Gasteiger partial charge in [0.15, 0.2) is 0 Å². The number of thioether (sulfide) groups is 1. The van der Waals surface area contributed by atoms with Gasteiger partial charge in [0, 0.05) is 11.4 Å². The first kappa shape index (κ1) is 19.7. The third kappa shape index (κ3) is 5.73. The summed E-state index contributed by atoms with van der Waals surface area (Å²) in [7, 11) is 0. The minimum atomic E-state index is -0.995. The van der Waals surface area contributed by atoms with E-state index in [-0.39, 0.29) is 19.0 Å². The number of nitrogens with zero attached hydrogens (tertiary/aromatic N) is 4. The van der Waals surface area contributed by atoms with E-state index in [0.717, 1.165) is 16.0 Å². The minimum Gasteiger partial charge on any atom is -0.480 e. The highest BCUT2D eigenvalue weighted by molar-refractivity contribution is 8.00. The first-order valence-corrected chi connectivity index (χ1v) is 9.07. The van der Waals surface area contributed by atoms with Crippen LogP contribution in [-0.4, -0.2) is 49.2 Å². The Labute approximate surface area is 156 Å².